The molecule has 0 aromatic rings. The van der Waals surface area contributed by atoms with Crippen LogP contribution in [0.1, 0.15) is 77.0 Å². The van der Waals surface area contributed by atoms with Crippen molar-refractivity contribution in [2.24, 2.45) is 0 Å². The summed E-state index contributed by atoms with van der Waals surface area (Å²) in [5, 5.41) is 3.08. The van der Waals surface area contributed by atoms with Gasteiger partial charge in [-0.3, -0.25) is 0 Å². The topological polar surface area (TPSA) is 12.0 Å². The quantitative estimate of drug-likeness (QED) is 0.225. The van der Waals surface area contributed by atoms with Gasteiger partial charge in [0.25, 0.3) is 0 Å². The van der Waals surface area contributed by atoms with Gasteiger partial charge in [-0.1, -0.05) is 76.4 Å². The number of nitrogens with one attached hydrogen (secondary N) is 1. The van der Waals surface area contributed by atoms with Gasteiger partial charge in [-0.05, 0) is 18.6 Å². The fraction of sp³-hybridized carbons (Fsp3) is 0.933. The number of hydrogen-bond acceptors (Lipinski definition) is 2. The van der Waals surface area contributed by atoms with Crippen molar-refractivity contribution in [1.82, 2.24) is 5.32 Å². The van der Waals surface area contributed by atoms with Gasteiger partial charge in [0.2, 0.25) is 0 Å². The molecule has 0 amide bonds. The van der Waals surface area contributed by atoms with Crippen molar-refractivity contribution in [2.75, 3.05) is 12.3 Å². The normalized spacial score (nSPS) is 10.6. The van der Waals surface area contributed by atoms with E-state index in [1.165, 1.54) is 77.0 Å². The Morgan fingerprint density at radius 2 is 1.05 bits per heavy atom. The molecule has 0 spiro atoms. The van der Waals surface area contributed by atoms with E-state index >= 15 is 0 Å². The molecule has 4 heteroatoms. The maximum Gasteiger partial charge on any atom is 0.130 e. The van der Waals surface area contributed by atoms with Crippen molar-refractivity contribution in [3.63, 3.8) is 0 Å². The third-order valence-corrected chi connectivity index (χ3v) is 3.98. The lowest BCUT2D eigenvalue weighted by molar-refractivity contribution is 0.544. The van der Waals surface area contributed by atoms with Gasteiger partial charge in [-0.25, -0.2) is 0 Å². The first-order valence-electron chi connectivity index (χ1n) is 7.85. The molecule has 0 rings (SSSR count). The summed E-state index contributed by atoms with van der Waals surface area (Å²) in [4.78, 5) is 0. The highest BCUT2D eigenvalue weighted by Crippen LogP contribution is 2.11. The molecule has 1 N–H and O–H groups in total. The van der Waals surface area contributed by atoms with Crippen LogP contribution < -0.4 is 5.32 Å². The average molecular weight is 322 g/mol. The third-order valence-electron chi connectivity index (χ3n) is 3.36. The molecule has 0 fully saturated rings. The predicted octanol–water partition coefficient (Wildman–Crippen LogP) is 5.40. The number of thiocarbonyl (C=S) groups is 1. The van der Waals surface area contributed by atoms with Crippen LogP contribution in [0, 0.1) is 0 Å². The Morgan fingerprint density at radius 3 is 1.42 bits per heavy atom. The zero-order chi connectivity index (χ0) is 14.2. The lowest BCUT2D eigenvalue weighted by atomic mass is 10.1. The van der Waals surface area contributed by atoms with Gasteiger partial charge in [0.1, 0.15) is 4.32 Å². The van der Waals surface area contributed by atoms with E-state index in [0.717, 1.165) is 12.3 Å². The lowest BCUT2D eigenvalue weighted by Gasteiger charge is -2.04. The summed E-state index contributed by atoms with van der Waals surface area (Å²) in [5.74, 6) is 1.05. The second-order valence-electron chi connectivity index (χ2n) is 5.20. The minimum absolute atomic E-state index is 0.620. The summed E-state index contributed by atoms with van der Waals surface area (Å²) in [6, 6.07) is 0. The van der Waals surface area contributed by atoms with Gasteiger partial charge < -0.3 is 5.32 Å². The van der Waals surface area contributed by atoms with Crippen LogP contribution in [0.4, 0.5) is 0 Å². The maximum absolute atomic E-state index is 4.84. The van der Waals surface area contributed by atoms with Crippen molar-refractivity contribution < 1.29 is 0 Å². The van der Waals surface area contributed by atoms with Crippen molar-refractivity contribution in [1.29, 1.82) is 0 Å². The molecule has 0 heterocycles. The Bertz CT molecular complexity index is 198. The van der Waals surface area contributed by atoms with Gasteiger partial charge in [0.05, 0.1) is 0 Å². The number of rotatable bonds is 14. The second-order valence-corrected chi connectivity index (χ2v) is 6.80. The molecule has 0 aromatic carbocycles. The third kappa shape index (κ3) is 18.6. The highest BCUT2D eigenvalue weighted by molar-refractivity contribution is 8.11. The van der Waals surface area contributed by atoms with E-state index in [1.54, 1.807) is 0 Å². The van der Waals surface area contributed by atoms with Crippen LogP contribution in [0.3, 0.4) is 0 Å². The average Bonchev–Trinajstić information content (AvgIpc) is 2.39. The van der Waals surface area contributed by atoms with Crippen LogP contribution in [0.25, 0.3) is 0 Å². The molecular formula is C15H31NS3. The predicted molar refractivity (Wildman–Crippen MR) is 98.8 cm³/mol. The molecule has 1 nitrogen and oxygen atoms in total. The zero-order valence-corrected chi connectivity index (χ0v) is 14.8. The molecule has 0 aliphatic heterocycles. The van der Waals surface area contributed by atoms with Gasteiger partial charge in [-0.15, -0.1) is 12.6 Å². The monoisotopic (exact) mass is 321 g/mol. The Hall–Kier alpha value is 0.590. The maximum atomic E-state index is 4.84. The van der Waals surface area contributed by atoms with Crippen molar-refractivity contribution >= 4 is 41.8 Å². The first-order chi connectivity index (χ1) is 9.27. The SMILES string of the molecule is S=C(S)NCCCCCCCCCCCCCCS. The Balaban J connectivity index is 2.93. The summed E-state index contributed by atoms with van der Waals surface area (Å²) in [6.07, 6.45) is 16.5. The van der Waals surface area contributed by atoms with Crippen LogP contribution in [0.5, 0.6) is 0 Å². The van der Waals surface area contributed by atoms with Crippen molar-refractivity contribution in [3.8, 4) is 0 Å². The molecule has 0 bridgehead atoms. The van der Waals surface area contributed by atoms with Crippen LogP contribution in [0.15, 0.2) is 0 Å². The van der Waals surface area contributed by atoms with Gasteiger partial charge in [-0.2, -0.15) is 12.6 Å². The van der Waals surface area contributed by atoms with Crippen LogP contribution >= 0.6 is 37.5 Å². The van der Waals surface area contributed by atoms with E-state index in [2.05, 4.69) is 30.6 Å². The van der Waals surface area contributed by atoms with Gasteiger partial charge in [0, 0.05) is 6.54 Å². The fourth-order valence-corrected chi connectivity index (χ4v) is 2.64. The Morgan fingerprint density at radius 1 is 0.684 bits per heavy atom. The fourth-order valence-electron chi connectivity index (χ4n) is 2.20. The van der Waals surface area contributed by atoms with Crippen molar-refractivity contribution in [2.45, 2.75) is 77.0 Å². The molecule has 0 saturated carbocycles. The molecule has 19 heavy (non-hydrogen) atoms. The molecule has 0 radical (unpaired) electrons. The second kappa shape index (κ2) is 16.6. The molecule has 114 valence electrons. The number of thiol groups is 2. The molecule has 0 aromatic heterocycles. The largest absolute Gasteiger partial charge is 0.371 e. The number of unbranched alkanes of at least 4 members (excludes halogenated alkanes) is 11. The van der Waals surface area contributed by atoms with Crippen LogP contribution in [-0.4, -0.2) is 16.6 Å². The first-order valence-corrected chi connectivity index (χ1v) is 9.34. The molecule has 0 saturated heterocycles. The lowest BCUT2D eigenvalue weighted by Crippen LogP contribution is -2.17. The number of hydrogen-bond donors (Lipinski definition) is 3. The van der Waals surface area contributed by atoms with E-state index < -0.39 is 0 Å². The molecule has 0 aliphatic carbocycles. The van der Waals surface area contributed by atoms with E-state index in [4.69, 9.17) is 12.2 Å². The highest BCUT2D eigenvalue weighted by Gasteiger charge is 1.94. The first kappa shape index (κ1) is 19.6. The van der Waals surface area contributed by atoms with E-state index in [9.17, 15) is 0 Å². The molecule has 0 unspecified atom stereocenters. The van der Waals surface area contributed by atoms with Gasteiger partial charge >= 0.3 is 0 Å². The summed E-state index contributed by atoms with van der Waals surface area (Å²) in [6.45, 7) is 0.981. The van der Waals surface area contributed by atoms with Crippen molar-refractivity contribution in [3.05, 3.63) is 0 Å². The molecule has 0 aliphatic rings. The van der Waals surface area contributed by atoms with Gasteiger partial charge in [0.15, 0.2) is 0 Å². The zero-order valence-electron chi connectivity index (χ0n) is 12.2. The van der Waals surface area contributed by atoms with Crippen LogP contribution in [0.2, 0.25) is 0 Å². The van der Waals surface area contributed by atoms with Crippen LogP contribution in [-0.2, 0) is 0 Å². The molecular weight excluding hydrogens is 290 g/mol. The summed E-state index contributed by atoms with van der Waals surface area (Å²) in [7, 11) is 0. The minimum Gasteiger partial charge on any atom is -0.371 e. The molecule has 0 atom stereocenters. The summed E-state index contributed by atoms with van der Waals surface area (Å²) < 4.78 is 0.620. The van der Waals surface area contributed by atoms with E-state index in [1.807, 2.05) is 0 Å². The summed E-state index contributed by atoms with van der Waals surface area (Å²) >= 11 is 13.1. The van der Waals surface area contributed by atoms with E-state index in [0.29, 0.717) is 4.32 Å². The summed E-state index contributed by atoms with van der Waals surface area (Å²) in [5.41, 5.74) is 0. The minimum atomic E-state index is 0.620. The Labute approximate surface area is 136 Å². The standard InChI is InChI=1S/C15H31NS3/c17-14-12-10-8-6-4-2-1-3-5-7-9-11-13-16-15(18)19/h17H,1-14H2,(H2,16,18,19). The smallest absolute Gasteiger partial charge is 0.130 e. The highest BCUT2D eigenvalue weighted by atomic mass is 32.1. The Kier molecular flexibility index (Phi) is 17.2. The van der Waals surface area contributed by atoms with E-state index in [-0.39, 0.29) is 0 Å².